The molecule has 0 saturated carbocycles. The molecule has 0 fully saturated rings. The third-order valence-electron chi connectivity index (χ3n) is 4.06. The number of nitrogens with zero attached hydrogens (tertiary/aromatic N) is 3. The zero-order valence-electron chi connectivity index (χ0n) is 15.0. The van der Waals surface area contributed by atoms with Crippen molar-refractivity contribution in [1.29, 1.82) is 0 Å². The van der Waals surface area contributed by atoms with E-state index in [-0.39, 0.29) is 18.5 Å². The average Bonchev–Trinajstić information content (AvgIpc) is 2.79. The molecular weight excluding hydrogens is 404 g/mol. The van der Waals surface area contributed by atoms with Crippen LogP contribution in [0.4, 0.5) is 0 Å². The number of amides is 1. The molecule has 7 heteroatoms. The zero-order valence-corrected chi connectivity index (χ0v) is 17.4. The number of carbonyl (C=O) groups excluding carboxylic acids is 1. The first kappa shape index (κ1) is 19.9. The van der Waals surface area contributed by atoms with Crippen molar-refractivity contribution in [3.8, 4) is 0 Å². The van der Waals surface area contributed by atoms with Crippen LogP contribution in [0.25, 0.3) is 0 Å². The minimum atomic E-state index is -0.0624. The molecule has 0 radical (unpaired) electrons. The number of aromatic nitrogens is 2. The molecule has 1 atom stereocenters. The van der Waals surface area contributed by atoms with E-state index in [4.69, 9.17) is 11.6 Å². The van der Waals surface area contributed by atoms with E-state index in [1.54, 1.807) is 4.68 Å². The summed E-state index contributed by atoms with van der Waals surface area (Å²) in [7, 11) is 4.04. The van der Waals surface area contributed by atoms with E-state index in [2.05, 4.69) is 31.2 Å². The van der Waals surface area contributed by atoms with Crippen molar-refractivity contribution in [2.75, 3.05) is 20.6 Å². The molecule has 0 aliphatic rings. The maximum absolute atomic E-state index is 12.6. The molecule has 0 bridgehead atoms. The predicted molar refractivity (Wildman–Crippen MR) is 105 cm³/mol. The van der Waals surface area contributed by atoms with Gasteiger partial charge in [-0.2, -0.15) is 5.10 Å². The first-order chi connectivity index (χ1) is 11.8. The fourth-order valence-corrected chi connectivity index (χ4v) is 3.02. The van der Waals surface area contributed by atoms with Gasteiger partial charge in [0.1, 0.15) is 6.54 Å². The van der Waals surface area contributed by atoms with Gasteiger partial charge in [-0.3, -0.25) is 9.48 Å². The van der Waals surface area contributed by atoms with Gasteiger partial charge in [-0.1, -0.05) is 23.7 Å². The molecule has 136 valence electrons. The van der Waals surface area contributed by atoms with E-state index in [0.717, 1.165) is 34.4 Å². The van der Waals surface area contributed by atoms with Gasteiger partial charge in [0.15, 0.2) is 0 Å². The number of carbonyl (C=O) groups is 1. The summed E-state index contributed by atoms with van der Waals surface area (Å²) in [6, 6.07) is 7.56. The van der Waals surface area contributed by atoms with Crippen molar-refractivity contribution >= 4 is 33.4 Å². The van der Waals surface area contributed by atoms with Gasteiger partial charge in [0.05, 0.1) is 21.9 Å². The molecular formula is C18H24BrClN4O. The lowest BCUT2D eigenvalue weighted by molar-refractivity contribution is -0.122. The maximum atomic E-state index is 12.6. The van der Waals surface area contributed by atoms with Crippen molar-refractivity contribution in [3.05, 3.63) is 50.7 Å². The van der Waals surface area contributed by atoms with E-state index < -0.39 is 0 Å². The Morgan fingerprint density at radius 2 is 1.96 bits per heavy atom. The number of hydrogen-bond acceptors (Lipinski definition) is 3. The van der Waals surface area contributed by atoms with Crippen LogP contribution in [0, 0.1) is 13.8 Å². The van der Waals surface area contributed by atoms with Gasteiger partial charge < -0.3 is 10.2 Å². The van der Waals surface area contributed by atoms with E-state index in [9.17, 15) is 4.79 Å². The highest BCUT2D eigenvalue weighted by molar-refractivity contribution is 9.10. The van der Waals surface area contributed by atoms with E-state index >= 15 is 0 Å². The monoisotopic (exact) mass is 426 g/mol. The Balaban J connectivity index is 2.10. The minimum Gasteiger partial charge on any atom is -0.348 e. The summed E-state index contributed by atoms with van der Waals surface area (Å²) < 4.78 is 2.67. The summed E-state index contributed by atoms with van der Waals surface area (Å²) in [6.07, 6.45) is 0.821. The van der Waals surface area contributed by atoms with Crippen molar-refractivity contribution < 1.29 is 4.79 Å². The molecule has 0 aliphatic heterocycles. The first-order valence-corrected chi connectivity index (χ1v) is 9.34. The van der Waals surface area contributed by atoms with Gasteiger partial charge in [-0.25, -0.2) is 0 Å². The number of halogens is 2. The van der Waals surface area contributed by atoms with Crippen molar-refractivity contribution in [1.82, 2.24) is 20.0 Å². The summed E-state index contributed by atoms with van der Waals surface area (Å²) in [5, 5.41) is 8.22. The molecule has 25 heavy (non-hydrogen) atoms. The molecule has 1 heterocycles. The van der Waals surface area contributed by atoms with Crippen LogP contribution in [0.3, 0.4) is 0 Å². The fraction of sp³-hybridized carbons (Fsp3) is 0.444. The Morgan fingerprint density at radius 1 is 1.32 bits per heavy atom. The zero-order chi connectivity index (χ0) is 18.6. The van der Waals surface area contributed by atoms with Crippen LogP contribution in [-0.2, 0) is 11.3 Å². The van der Waals surface area contributed by atoms with Gasteiger partial charge in [0.25, 0.3) is 0 Å². The molecule has 0 aliphatic carbocycles. The van der Waals surface area contributed by atoms with Crippen LogP contribution in [0.1, 0.15) is 29.4 Å². The van der Waals surface area contributed by atoms with E-state index in [0.29, 0.717) is 5.02 Å². The Bertz CT molecular complexity index is 727. The smallest absolute Gasteiger partial charge is 0.242 e. The average molecular weight is 428 g/mol. The Kier molecular flexibility index (Phi) is 7.04. The number of aryl methyl sites for hydroxylation is 1. The largest absolute Gasteiger partial charge is 0.348 e. The Morgan fingerprint density at radius 3 is 2.48 bits per heavy atom. The molecule has 2 aromatic rings. The van der Waals surface area contributed by atoms with Gasteiger partial charge in [-0.15, -0.1) is 0 Å². The molecule has 1 N–H and O–H groups in total. The van der Waals surface area contributed by atoms with Crippen LogP contribution in [-0.4, -0.2) is 41.2 Å². The third kappa shape index (κ3) is 5.56. The highest BCUT2D eigenvalue weighted by Crippen LogP contribution is 2.21. The fourth-order valence-electron chi connectivity index (χ4n) is 2.61. The maximum Gasteiger partial charge on any atom is 0.242 e. The van der Waals surface area contributed by atoms with Crippen molar-refractivity contribution in [3.63, 3.8) is 0 Å². The highest BCUT2D eigenvalue weighted by Gasteiger charge is 2.17. The molecule has 1 aromatic heterocycles. The summed E-state index contributed by atoms with van der Waals surface area (Å²) >= 11 is 9.47. The molecule has 1 aromatic carbocycles. The summed E-state index contributed by atoms with van der Waals surface area (Å²) in [5.41, 5.74) is 2.88. The Hall–Kier alpha value is -1.37. The lowest BCUT2D eigenvalue weighted by Crippen LogP contribution is -2.33. The second kappa shape index (κ2) is 8.83. The van der Waals surface area contributed by atoms with Gasteiger partial charge in [0.2, 0.25) is 5.91 Å². The van der Waals surface area contributed by atoms with Crippen LogP contribution < -0.4 is 5.32 Å². The second-order valence-electron chi connectivity index (χ2n) is 6.41. The third-order valence-corrected chi connectivity index (χ3v) is 5.46. The van der Waals surface area contributed by atoms with E-state index in [1.807, 2.05) is 52.2 Å². The molecule has 1 amide bonds. The quantitative estimate of drug-likeness (QED) is 0.732. The van der Waals surface area contributed by atoms with Crippen molar-refractivity contribution in [2.45, 2.75) is 32.9 Å². The van der Waals surface area contributed by atoms with E-state index in [1.165, 1.54) is 0 Å². The van der Waals surface area contributed by atoms with Crippen LogP contribution in [0.5, 0.6) is 0 Å². The lowest BCUT2D eigenvalue weighted by Gasteiger charge is -2.21. The molecule has 0 saturated heterocycles. The summed E-state index contributed by atoms with van der Waals surface area (Å²) in [5.74, 6) is -0.0585. The SMILES string of the molecule is Cc1nn(CC(=O)NC(CCN(C)C)c2ccc(Cl)cc2)c(C)c1Br. The normalized spacial score (nSPS) is 12.4. The highest BCUT2D eigenvalue weighted by atomic mass is 79.9. The summed E-state index contributed by atoms with van der Waals surface area (Å²) in [4.78, 5) is 14.7. The lowest BCUT2D eigenvalue weighted by atomic mass is 10.0. The minimum absolute atomic E-state index is 0.0585. The summed E-state index contributed by atoms with van der Waals surface area (Å²) in [6.45, 7) is 4.93. The van der Waals surface area contributed by atoms with Crippen LogP contribution >= 0.6 is 27.5 Å². The second-order valence-corrected chi connectivity index (χ2v) is 7.64. The molecule has 5 nitrogen and oxygen atoms in total. The number of benzene rings is 1. The van der Waals surface area contributed by atoms with Gasteiger partial charge in [-0.05, 0) is 74.5 Å². The standard InChI is InChI=1S/C18H24BrClN4O/c1-12-18(19)13(2)24(22-12)11-17(25)21-16(9-10-23(3)4)14-5-7-15(20)8-6-14/h5-8,16H,9-11H2,1-4H3,(H,21,25). The first-order valence-electron chi connectivity index (χ1n) is 8.17. The topological polar surface area (TPSA) is 50.2 Å². The predicted octanol–water partition coefficient (Wildman–Crippen LogP) is 3.73. The van der Waals surface area contributed by atoms with Crippen LogP contribution in [0.15, 0.2) is 28.7 Å². The van der Waals surface area contributed by atoms with Gasteiger partial charge in [0, 0.05) is 5.02 Å². The molecule has 1 unspecified atom stereocenters. The van der Waals surface area contributed by atoms with Crippen molar-refractivity contribution in [2.24, 2.45) is 0 Å². The molecule has 0 spiro atoms. The van der Waals surface area contributed by atoms with Crippen LogP contribution in [0.2, 0.25) is 5.02 Å². The number of hydrogen-bond donors (Lipinski definition) is 1. The van der Waals surface area contributed by atoms with Gasteiger partial charge >= 0.3 is 0 Å². The molecule has 2 rings (SSSR count). The number of nitrogens with one attached hydrogen (secondary N) is 1. The number of rotatable bonds is 7. The Labute approximate surface area is 162 Å².